The van der Waals surface area contributed by atoms with Crippen LogP contribution in [0.5, 0.6) is 0 Å². The van der Waals surface area contributed by atoms with Gasteiger partial charge in [0.05, 0.1) is 0 Å². The lowest BCUT2D eigenvalue weighted by Crippen LogP contribution is -1.70. The molecular formula is C28H26O2. The summed E-state index contributed by atoms with van der Waals surface area (Å²) in [4.78, 5) is 0. The Morgan fingerprint density at radius 2 is 1.07 bits per heavy atom. The predicted molar refractivity (Wildman–Crippen MR) is 128 cm³/mol. The van der Waals surface area contributed by atoms with Crippen molar-refractivity contribution >= 4 is 43.9 Å². The van der Waals surface area contributed by atoms with E-state index in [0.717, 1.165) is 22.3 Å². The van der Waals surface area contributed by atoms with E-state index in [9.17, 15) is 0 Å². The minimum absolute atomic E-state index is 0.966. The summed E-state index contributed by atoms with van der Waals surface area (Å²) in [6, 6.07) is 28.8. The number of hydrogen-bond acceptors (Lipinski definition) is 2. The quantitative estimate of drug-likeness (QED) is 0.257. The van der Waals surface area contributed by atoms with E-state index in [1.165, 1.54) is 32.7 Å². The van der Waals surface area contributed by atoms with Crippen LogP contribution in [0, 0.1) is 13.8 Å². The summed E-state index contributed by atoms with van der Waals surface area (Å²) in [7, 11) is 0. The Bertz CT molecular complexity index is 1420. The lowest BCUT2D eigenvalue weighted by atomic mass is 10.1. The second kappa shape index (κ2) is 8.46. The minimum Gasteiger partial charge on any atom is -0.456 e. The molecule has 2 aromatic heterocycles. The van der Waals surface area contributed by atoms with Gasteiger partial charge in [-0.3, -0.25) is 0 Å². The molecule has 0 aliphatic rings. The molecular weight excluding hydrogens is 368 g/mol. The van der Waals surface area contributed by atoms with Crippen molar-refractivity contribution in [3.8, 4) is 0 Å². The van der Waals surface area contributed by atoms with Gasteiger partial charge in [0, 0.05) is 21.5 Å². The third-order valence-corrected chi connectivity index (χ3v) is 5.13. The molecule has 0 N–H and O–H groups in total. The van der Waals surface area contributed by atoms with Crippen LogP contribution in [0.3, 0.4) is 0 Å². The Balaban J connectivity index is 0.000000134. The normalized spacial score (nSPS) is 10.7. The molecule has 0 saturated heterocycles. The average molecular weight is 395 g/mol. The van der Waals surface area contributed by atoms with Crippen LogP contribution in [-0.2, 0) is 0 Å². The van der Waals surface area contributed by atoms with E-state index >= 15 is 0 Å². The number of rotatable bonds is 0. The van der Waals surface area contributed by atoms with Gasteiger partial charge in [-0.15, -0.1) is 0 Å². The summed E-state index contributed by atoms with van der Waals surface area (Å²) in [6.45, 7) is 8.17. The van der Waals surface area contributed by atoms with Crippen molar-refractivity contribution < 1.29 is 8.83 Å². The van der Waals surface area contributed by atoms with E-state index in [1.807, 2.05) is 56.3 Å². The zero-order valence-electron chi connectivity index (χ0n) is 17.9. The van der Waals surface area contributed by atoms with Crippen LogP contribution in [-0.4, -0.2) is 0 Å². The molecule has 0 fully saturated rings. The van der Waals surface area contributed by atoms with Crippen LogP contribution in [0.1, 0.15) is 25.0 Å². The van der Waals surface area contributed by atoms with Crippen molar-refractivity contribution in [2.75, 3.05) is 0 Å². The Kier molecular flexibility index (Phi) is 5.58. The smallest absolute Gasteiger partial charge is 0.138 e. The summed E-state index contributed by atoms with van der Waals surface area (Å²) in [5, 5.41) is 4.82. The molecule has 0 saturated carbocycles. The van der Waals surface area contributed by atoms with Gasteiger partial charge in [-0.1, -0.05) is 80.1 Å². The first kappa shape index (κ1) is 19.8. The Morgan fingerprint density at radius 1 is 0.500 bits per heavy atom. The molecule has 0 aliphatic heterocycles. The molecule has 6 rings (SSSR count). The second-order valence-electron chi connectivity index (χ2n) is 7.15. The maximum atomic E-state index is 5.78. The van der Waals surface area contributed by atoms with Crippen LogP contribution in [0.2, 0.25) is 0 Å². The molecule has 0 aliphatic carbocycles. The molecule has 0 radical (unpaired) electrons. The highest BCUT2D eigenvalue weighted by Crippen LogP contribution is 2.30. The molecule has 150 valence electrons. The summed E-state index contributed by atoms with van der Waals surface area (Å²) in [6.07, 6.45) is 0. The topological polar surface area (TPSA) is 26.3 Å². The van der Waals surface area contributed by atoms with E-state index in [2.05, 4.69) is 56.3 Å². The third kappa shape index (κ3) is 3.57. The van der Waals surface area contributed by atoms with E-state index in [4.69, 9.17) is 8.83 Å². The maximum Gasteiger partial charge on any atom is 0.138 e. The molecule has 2 heteroatoms. The zero-order chi connectivity index (χ0) is 21.1. The van der Waals surface area contributed by atoms with Crippen molar-refractivity contribution in [3.63, 3.8) is 0 Å². The molecule has 0 unspecified atom stereocenters. The van der Waals surface area contributed by atoms with E-state index in [-0.39, 0.29) is 0 Å². The Morgan fingerprint density at radius 3 is 1.80 bits per heavy atom. The van der Waals surface area contributed by atoms with Gasteiger partial charge >= 0.3 is 0 Å². The highest BCUT2D eigenvalue weighted by Gasteiger charge is 2.06. The fourth-order valence-corrected chi connectivity index (χ4v) is 3.73. The number of benzene rings is 4. The van der Waals surface area contributed by atoms with Crippen LogP contribution in [0.25, 0.3) is 43.9 Å². The molecule has 2 heterocycles. The van der Waals surface area contributed by atoms with Crippen LogP contribution in [0.15, 0.2) is 93.8 Å². The molecule has 0 spiro atoms. The number of para-hydroxylation sites is 3. The van der Waals surface area contributed by atoms with Gasteiger partial charge < -0.3 is 8.83 Å². The predicted octanol–water partition coefficient (Wildman–Crippen LogP) is 8.82. The molecule has 6 aromatic rings. The lowest BCUT2D eigenvalue weighted by Gasteiger charge is -1.91. The summed E-state index contributed by atoms with van der Waals surface area (Å²) in [5.74, 6) is 0. The standard InChI is InChI=1S/2C13H10O.C2H6/c1-9-5-4-7-11-10-6-2-3-8-12(10)14-13(9)11;1-9-6-7-13-11(8-9)10-4-2-3-5-12(10)14-13;1-2/h2*2-8H,1H3;1-2H3. The first-order valence-electron chi connectivity index (χ1n) is 10.5. The lowest BCUT2D eigenvalue weighted by molar-refractivity contribution is 0.666. The second-order valence-corrected chi connectivity index (χ2v) is 7.15. The third-order valence-electron chi connectivity index (χ3n) is 5.13. The SMILES string of the molecule is CC.Cc1ccc2oc3ccccc3c2c1.Cc1cccc2c1oc1ccccc12. The fourth-order valence-electron chi connectivity index (χ4n) is 3.73. The van der Waals surface area contributed by atoms with Crippen molar-refractivity contribution in [1.29, 1.82) is 0 Å². The number of hydrogen-bond donors (Lipinski definition) is 0. The summed E-state index contributed by atoms with van der Waals surface area (Å²) < 4.78 is 11.5. The highest BCUT2D eigenvalue weighted by molar-refractivity contribution is 6.06. The van der Waals surface area contributed by atoms with Crippen molar-refractivity contribution in [2.24, 2.45) is 0 Å². The molecule has 30 heavy (non-hydrogen) atoms. The molecule has 4 aromatic carbocycles. The fraction of sp³-hybridized carbons (Fsp3) is 0.143. The largest absolute Gasteiger partial charge is 0.456 e. The molecule has 2 nitrogen and oxygen atoms in total. The Hall–Kier alpha value is -3.52. The van der Waals surface area contributed by atoms with Gasteiger partial charge in [0.15, 0.2) is 0 Å². The summed E-state index contributed by atoms with van der Waals surface area (Å²) >= 11 is 0. The average Bonchev–Trinajstić information content (AvgIpc) is 3.35. The van der Waals surface area contributed by atoms with Crippen LogP contribution < -0.4 is 0 Å². The van der Waals surface area contributed by atoms with E-state index in [0.29, 0.717) is 0 Å². The number of furan rings is 2. The van der Waals surface area contributed by atoms with E-state index < -0.39 is 0 Å². The van der Waals surface area contributed by atoms with Crippen LogP contribution in [0.4, 0.5) is 0 Å². The van der Waals surface area contributed by atoms with E-state index in [1.54, 1.807) is 0 Å². The minimum atomic E-state index is 0.966. The van der Waals surface area contributed by atoms with Gasteiger partial charge in [-0.05, 0) is 43.7 Å². The van der Waals surface area contributed by atoms with Crippen molar-refractivity contribution in [2.45, 2.75) is 27.7 Å². The van der Waals surface area contributed by atoms with Gasteiger partial charge in [0.2, 0.25) is 0 Å². The maximum absolute atomic E-state index is 5.78. The highest BCUT2D eigenvalue weighted by atomic mass is 16.3. The van der Waals surface area contributed by atoms with Crippen molar-refractivity contribution in [3.05, 3.63) is 96.1 Å². The van der Waals surface area contributed by atoms with Gasteiger partial charge in [0.1, 0.15) is 22.3 Å². The van der Waals surface area contributed by atoms with Gasteiger partial charge in [-0.2, -0.15) is 0 Å². The first-order valence-corrected chi connectivity index (χ1v) is 10.5. The molecule has 0 bridgehead atoms. The first-order chi connectivity index (χ1) is 14.7. The Labute approximate surface area is 176 Å². The van der Waals surface area contributed by atoms with Crippen LogP contribution >= 0.6 is 0 Å². The van der Waals surface area contributed by atoms with Gasteiger partial charge in [-0.25, -0.2) is 0 Å². The molecule has 0 amide bonds. The number of aryl methyl sites for hydroxylation is 2. The molecule has 0 atom stereocenters. The summed E-state index contributed by atoms with van der Waals surface area (Å²) in [5.41, 5.74) is 6.37. The number of fused-ring (bicyclic) bond motifs is 6. The van der Waals surface area contributed by atoms with Gasteiger partial charge in [0.25, 0.3) is 0 Å². The monoisotopic (exact) mass is 394 g/mol. The zero-order valence-corrected chi connectivity index (χ0v) is 17.9. The van der Waals surface area contributed by atoms with Crippen molar-refractivity contribution in [1.82, 2.24) is 0 Å².